The lowest BCUT2D eigenvalue weighted by atomic mass is 10.2. The van der Waals surface area contributed by atoms with Gasteiger partial charge in [-0.25, -0.2) is 9.97 Å². The van der Waals surface area contributed by atoms with Gasteiger partial charge in [-0.2, -0.15) is 5.26 Å². The number of nitrogens with zero attached hydrogens (tertiary/aromatic N) is 3. The van der Waals surface area contributed by atoms with Gasteiger partial charge in [0.1, 0.15) is 12.1 Å². The van der Waals surface area contributed by atoms with Crippen molar-refractivity contribution < 1.29 is 4.74 Å². The summed E-state index contributed by atoms with van der Waals surface area (Å²) < 4.78 is 5.59. The molecule has 0 N–H and O–H groups in total. The van der Waals surface area contributed by atoms with Crippen LogP contribution in [0.5, 0.6) is 5.75 Å². The molecule has 1 heterocycles. The molecule has 2 aromatic rings. The van der Waals surface area contributed by atoms with Gasteiger partial charge in [0, 0.05) is 11.9 Å². The first-order valence-corrected chi connectivity index (χ1v) is 6.89. The van der Waals surface area contributed by atoms with Crippen LogP contribution in [-0.2, 0) is 0 Å². The van der Waals surface area contributed by atoms with E-state index in [2.05, 4.69) is 16.0 Å². The van der Waals surface area contributed by atoms with Crippen LogP contribution in [0.3, 0.4) is 0 Å². The van der Waals surface area contributed by atoms with Gasteiger partial charge >= 0.3 is 0 Å². The maximum absolute atomic E-state index is 8.78. The third-order valence-electron chi connectivity index (χ3n) is 2.33. The fourth-order valence-corrected chi connectivity index (χ4v) is 2.20. The maximum Gasteiger partial charge on any atom is 0.120 e. The second-order valence-corrected chi connectivity index (χ2v) is 4.85. The predicted octanol–water partition coefficient (Wildman–Crippen LogP) is 2.91. The Balaban J connectivity index is 1.68. The summed E-state index contributed by atoms with van der Waals surface area (Å²) in [6, 6.07) is 11.2. The zero-order valence-electron chi connectivity index (χ0n) is 10.3. The number of aromatic nitrogens is 2. The number of hydrogen-bond acceptors (Lipinski definition) is 5. The van der Waals surface area contributed by atoms with Crippen molar-refractivity contribution in [3.05, 3.63) is 48.4 Å². The Morgan fingerprint density at radius 2 is 2.26 bits per heavy atom. The Bertz CT molecular complexity index is 554. The molecule has 19 heavy (non-hydrogen) atoms. The van der Waals surface area contributed by atoms with Gasteiger partial charge in [0.2, 0.25) is 0 Å². The lowest BCUT2D eigenvalue weighted by Crippen LogP contribution is -1.99. The van der Waals surface area contributed by atoms with Gasteiger partial charge in [0.05, 0.1) is 23.3 Å². The van der Waals surface area contributed by atoms with E-state index in [1.54, 1.807) is 36.4 Å². The summed E-state index contributed by atoms with van der Waals surface area (Å²) >= 11 is 1.68. The van der Waals surface area contributed by atoms with Gasteiger partial charge in [-0.1, -0.05) is 6.07 Å². The van der Waals surface area contributed by atoms with Gasteiger partial charge in [-0.3, -0.25) is 0 Å². The predicted molar refractivity (Wildman–Crippen MR) is 74.0 cm³/mol. The van der Waals surface area contributed by atoms with E-state index in [-0.39, 0.29) is 0 Å². The number of hydrogen-bond donors (Lipinski definition) is 0. The maximum atomic E-state index is 8.78. The molecule has 4 nitrogen and oxygen atoms in total. The number of rotatable bonds is 6. The van der Waals surface area contributed by atoms with Crippen LogP contribution in [0.4, 0.5) is 0 Å². The normalized spacial score (nSPS) is 9.84. The molecule has 0 bridgehead atoms. The van der Waals surface area contributed by atoms with E-state index >= 15 is 0 Å². The highest BCUT2D eigenvalue weighted by molar-refractivity contribution is 7.99. The molecule has 0 saturated carbocycles. The Labute approximate surface area is 116 Å². The standard InChI is InChI=1S/C14H13N3OS/c15-10-12-3-1-4-13(9-12)18-7-2-8-19-14-5-6-16-11-17-14/h1,3-6,9,11H,2,7-8H2. The van der Waals surface area contributed by atoms with E-state index in [0.717, 1.165) is 22.9 Å². The van der Waals surface area contributed by atoms with E-state index in [9.17, 15) is 0 Å². The summed E-state index contributed by atoms with van der Waals surface area (Å²) in [4.78, 5) is 8.00. The van der Waals surface area contributed by atoms with Crippen LogP contribution in [0.2, 0.25) is 0 Å². The number of nitriles is 1. The Hall–Kier alpha value is -2.06. The molecule has 0 aliphatic heterocycles. The Morgan fingerprint density at radius 3 is 3.05 bits per heavy atom. The highest BCUT2D eigenvalue weighted by atomic mass is 32.2. The Kier molecular flexibility index (Phi) is 5.20. The highest BCUT2D eigenvalue weighted by Crippen LogP contribution is 2.16. The molecular weight excluding hydrogens is 258 g/mol. The SMILES string of the molecule is N#Cc1cccc(OCCCSc2ccncn2)c1. The summed E-state index contributed by atoms with van der Waals surface area (Å²) in [5, 5.41) is 9.75. The first-order valence-electron chi connectivity index (χ1n) is 5.90. The number of thioether (sulfide) groups is 1. The summed E-state index contributed by atoms with van der Waals surface area (Å²) in [5.74, 6) is 1.68. The Morgan fingerprint density at radius 1 is 1.32 bits per heavy atom. The van der Waals surface area contributed by atoms with Crippen molar-refractivity contribution in [1.82, 2.24) is 9.97 Å². The number of ether oxygens (including phenoxy) is 1. The summed E-state index contributed by atoms with van der Waals surface area (Å²) in [7, 11) is 0. The highest BCUT2D eigenvalue weighted by Gasteiger charge is 1.97. The lowest BCUT2D eigenvalue weighted by Gasteiger charge is -2.05. The first kappa shape index (κ1) is 13.4. The van der Waals surface area contributed by atoms with Crippen molar-refractivity contribution in [1.29, 1.82) is 5.26 Å². The summed E-state index contributed by atoms with van der Waals surface area (Å²) in [5.41, 5.74) is 0.618. The van der Waals surface area contributed by atoms with Crippen molar-refractivity contribution in [2.45, 2.75) is 11.4 Å². The smallest absolute Gasteiger partial charge is 0.120 e. The van der Waals surface area contributed by atoms with Crippen LogP contribution in [0.25, 0.3) is 0 Å². The summed E-state index contributed by atoms with van der Waals surface area (Å²) in [6.07, 6.45) is 4.21. The van der Waals surface area contributed by atoms with Gasteiger partial charge < -0.3 is 4.74 Å². The van der Waals surface area contributed by atoms with Crippen LogP contribution in [-0.4, -0.2) is 22.3 Å². The van der Waals surface area contributed by atoms with Crippen molar-refractivity contribution in [2.75, 3.05) is 12.4 Å². The average Bonchev–Trinajstić information content (AvgIpc) is 2.48. The van der Waals surface area contributed by atoms with Crippen molar-refractivity contribution in [3.8, 4) is 11.8 Å². The van der Waals surface area contributed by atoms with Crippen molar-refractivity contribution >= 4 is 11.8 Å². The molecule has 0 radical (unpaired) electrons. The molecule has 0 aliphatic carbocycles. The fraction of sp³-hybridized carbons (Fsp3) is 0.214. The first-order chi connectivity index (χ1) is 9.38. The molecule has 0 spiro atoms. The molecule has 96 valence electrons. The molecule has 0 aliphatic rings. The molecule has 1 aromatic heterocycles. The van der Waals surface area contributed by atoms with Gasteiger partial charge in [-0.15, -0.1) is 11.8 Å². The van der Waals surface area contributed by atoms with Crippen LogP contribution >= 0.6 is 11.8 Å². The van der Waals surface area contributed by atoms with Crippen LogP contribution < -0.4 is 4.74 Å². The molecule has 0 fully saturated rings. The zero-order valence-corrected chi connectivity index (χ0v) is 11.1. The largest absolute Gasteiger partial charge is 0.494 e. The third kappa shape index (κ3) is 4.60. The van der Waals surface area contributed by atoms with Crippen LogP contribution in [0.15, 0.2) is 47.9 Å². The average molecular weight is 271 g/mol. The molecule has 2 rings (SSSR count). The van der Waals surface area contributed by atoms with E-state index < -0.39 is 0 Å². The zero-order chi connectivity index (χ0) is 13.3. The van der Waals surface area contributed by atoms with Gasteiger partial charge in [0.15, 0.2) is 0 Å². The second kappa shape index (κ2) is 7.39. The van der Waals surface area contributed by atoms with Crippen molar-refractivity contribution in [2.24, 2.45) is 0 Å². The van der Waals surface area contributed by atoms with Crippen molar-refractivity contribution in [3.63, 3.8) is 0 Å². The van der Waals surface area contributed by atoms with E-state index in [1.807, 2.05) is 18.2 Å². The van der Waals surface area contributed by atoms with E-state index in [4.69, 9.17) is 10.00 Å². The van der Waals surface area contributed by atoms with Gasteiger partial charge in [-0.05, 0) is 30.7 Å². The third-order valence-corrected chi connectivity index (χ3v) is 3.36. The van der Waals surface area contributed by atoms with E-state index in [0.29, 0.717) is 12.2 Å². The molecule has 5 heteroatoms. The lowest BCUT2D eigenvalue weighted by molar-refractivity contribution is 0.318. The number of benzene rings is 1. The topological polar surface area (TPSA) is 58.8 Å². The minimum Gasteiger partial charge on any atom is -0.494 e. The van der Waals surface area contributed by atoms with Crippen LogP contribution in [0, 0.1) is 11.3 Å². The van der Waals surface area contributed by atoms with E-state index in [1.165, 1.54) is 0 Å². The quantitative estimate of drug-likeness (QED) is 0.459. The fourth-order valence-electron chi connectivity index (χ4n) is 1.45. The van der Waals surface area contributed by atoms with Crippen LogP contribution in [0.1, 0.15) is 12.0 Å². The molecule has 0 unspecified atom stereocenters. The second-order valence-electron chi connectivity index (χ2n) is 3.74. The molecule has 0 saturated heterocycles. The molecular formula is C14H13N3OS. The minimum absolute atomic E-state index is 0.618. The van der Waals surface area contributed by atoms with Gasteiger partial charge in [0.25, 0.3) is 0 Å². The molecule has 0 amide bonds. The monoisotopic (exact) mass is 271 g/mol. The minimum atomic E-state index is 0.618. The molecule has 0 atom stereocenters. The molecule has 1 aromatic carbocycles. The summed E-state index contributed by atoms with van der Waals surface area (Å²) in [6.45, 7) is 0.632.